The van der Waals surface area contributed by atoms with Gasteiger partial charge in [0.2, 0.25) is 0 Å². The zero-order valence-corrected chi connectivity index (χ0v) is 14.2. The Balaban J connectivity index is 1.52. The van der Waals surface area contributed by atoms with Gasteiger partial charge in [0.05, 0.1) is 18.5 Å². The minimum Gasteiger partial charge on any atom is -0.468 e. The van der Waals surface area contributed by atoms with Gasteiger partial charge in [0.15, 0.2) is 0 Å². The van der Waals surface area contributed by atoms with Crippen LogP contribution in [0.2, 0.25) is 0 Å². The van der Waals surface area contributed by atoms with Crippen LogP contribution in [0.15, 0.2) is 41.1 Å². The van der Waals surface area contributed by atoms with Crippen LogP contribution in [0.3, 0.4) is 0 Å². The third kappa shape index (κ3) is 4.21. The smallest absolute Gasteiger partial charge is 0.117 e. The minimum absolute atomic E-state index is 0.359. The van der Waals surface area contributed by atoms with Crippen LogP contribution in [-0.4, -0.2) is 29.0 Å². The average Bonchev–Trinajstić information content (AvgIpc) is 3.08. The van der Waals surface area contributed by atoms with Crippen molar-refractivity contribution >= 4 is 0 Å². The van der Waals surface area contributed by atoms with Crippen LogP contribution >= 0.6 is 0 Å². The lowest BCUT2D eigenvalue weighted by atomic mass is 10.00. The number of aromatic nitrogens is 1. The van der Waals surface area contributed by atoms with E-state index >= 15 is 0 Å². The Kier molecular flexibility index (Phi) is 5.47. The maximum atomic E-state index is 5.45. The number of hydrogen-bond acceptors (Lipinski definition) is 4. The van der Waals surface area contributed by atoms with Crippen molar-refractivity contribution < 1.29 is 4.42 Å². The lowest BCUT2D eigenvalue weighted by Gasteiger charge is -2.34. The van der Waals surface area contributed by atoms with E-state index in [0.717, 1.165) is 31.8 Å². The summed E-state index contributed by atoms with van der Waals surface area (Å²) < 4.78 is 5.45. The molecule has 1 saturated heterocycles. The summed E-state index contributed by atoms with van der Waals surface area (Å²) in [4.78, 5) is 7.07. The molecule has 1 aliphatic heterocycles. The molecular formula is C19H27N3O. The van der Waals surface area contributed by atoms with E-state index in [0.29, 0.717) is 12.1 Å². The molecule has 0 amide bonds. The molecule has 124 valence electrons. The number of furan rings is 1. The van der Waals surface area contributed by atoms with Crippen LogP contribution in [-0.2, 0) is 6.54 Å². The molecule has 0 radical (unpaired) electrons. The summed E-state index contributed by atoms with van der Waals surface area (Å²) in [5.74, 6) is 1.06. The predicted octanol–water partition coefficient (Wildman–Crippen LogP) is 3.69. The summed E-state index contributed by atoms with van der Waals surface area (Å²) in [6.07, 6.45) is 7.10. The molecule has 0 aliphatic carbocycles. The lowest BCUT2D eigenvalue weighted by Crippen LogP contribution is -2.43. The molecule has 1 atom stereocenters. The number of nitrogens with one attached hydrogen (secondary N) is 1. The molecule has 0 saturated carbocycles. The Morgan fingerprint density at radius 1 is 1.30 bits per heavy atom. The number of aryl methyl sites for hydroxylation is 1. The first-order chi connectivity index (χ1) is 11.3. The fourth-order valence-electron chi connectivity index (χ4n) is 3.42. The summed E-state index contributed by atoms with van der Waals surface area (Å²) in [6, 6.07) is 9.12. The van der Waals surface area contributed by atoms with Gasteiger partial charge in [0.25, 0.3) is 0 Å². The minimum atomic E-state index is 0.359. The first-order valence-corrected chi connectivity index (χ1v) is 8.68. The number of hydrogen-bond donors (Lipinski definition) is 1. The van der Waals surface area contributed by atoms with Crippen LogP contribution in [0.4, 0.5) is 0 Å². The van der Waals surface area contributed by atoms with Crippen molar-refractivity contribution in [2.24, 2.45) is 0 Å². The SMILES string of the molecule is CC[C@H](NC1CCN(Cc2ccco2)CC1)c1ncccc1C. The molecule has 2 aromatic heterocycles. The highest BCUT2D eigenvalue weighted by Crippen LogP contribution is 2.22. The van der Waals surface area contributed by atoms with Crippen LogP contribution in [0, 0.1) is 6.92 Å². The van der Waals surface area contributed by atoms with Gasteiger partial charge in [-0.1, -0.05) is 13.0 Å². The second-order valence-corrected chi connectivity index (χ2v) is 6.46. The van der Waals surface area contributed by atoms with Crippen molar-refractivity contribution in [1.29, 1.82) is 0 Å². The molecule has 4 heteroatoms. The van der Waals surface area contributed by atoms with E-state index < -0.39 is 0 Å². The van der Waals surface area contributed by atoms with Gasteiger partial charge >= 0.3 is 0 Å². The van der Waals surface area contributed by atoms with E-state index in [2.05, 4.69) is 41.2 Å². The largest absolute Gasteiger partial charge is 0.468 e. The molecule has 3 heterocycles. The fourth-order valence-corrected chi connectivity index (χ4v) is 3.42. The van der Waals surface area contributed by atoms with Crippen LogP contribution in [0.5, 0.6) is 0 Å². The summed E-state index contributed by atoms with van der Waals surface area (Å²) in [5, 5.41) is 3.83. The fraction of sp³-hybridized carbons (Fsp3) is 0.526. The van der Waals surface area contributed by atoms with Crippen LogP contribution < -0.4 is 5.32 Å². The summed E-state index contributed by atoms with van der Waals surface area (Å²) in [5.41, 5.74) is 2.48. The van der Waals surface area contributed by atoms with Gasteiger partial charge in [-0.2, -0.15) is 0 Å². The molecule has 4 nitrogen and oxygen atoms in total. The molecule has 1 fully saturated rings. The molecule has 0 bridgehead atoms. The summed E-state index contributed by atoms with van der Waals surface area (Å²) >= 11 is 0. The van der Waals surface area contributed by atoms with Crippen molar-refractivity contribution in [2.75, 3.05) is 13.1 Å². The zero-order chi connectivity index (χ0) is 16.1. The third-order valence-electron chi connectivity index (χ3n) is 4.77. The molecule has 1 aliphatic rings. The highest BCUT2D eigenvalue weighted by atomic mass is 16.3. The Morgan fingerprint density at radius 3 is 2.78 bits per heavy atom. The van der Waals surface area contributed by atoms with E-state index in [-0.39, 0.29) is 0 Å². The average molecular weight is 313 g/mol. The normalized spacial score (nSPS) is 18.2. The van der Waals surface area contributed by atoms with E-state index in [1.54, 1.807) is 6.26 Å². The number of rotatable bonds is 6. The molecule has 3 rings (SSSR count). The first-order valence-electron chi connectivity index (χ1n) is 8.68. The lowest BCUT2D eigenvalue weighted by molar-refractivity contribution is 0.172. The molecule has 0 unspecified atom stereocenters. The van der Waals surface area contributed by atoms with E-state index in [1.807, 2.05) is 18.3 Å². The number of nitrogens with zero attached hydrogens (tertiary/aromatic N) is 2. The van der Waals surface area contributed by atoms with Crippen LogP contribution in [0.25, 0.3) is 0 Å². The van der Waals surface area contributed by atoms with Gasteiger partial charge < -0.3 is 9.73 Å². The number of pyridine rings is 1. The Morgan fingerprint density at radius 2 is 2.13 bits per heavy atom. The monoisotopic (exact) mass is 313 g/mol. The summed E-state index contributed by atoms with van der Waals surface area (Å²) in [7, 11) is 0. The van der Waals surface area contributed by atoms with Gasteiger partial charge in [-0.05, 0) is 49.9 Å². The predicted molar refractivity (Wildman–Crippen MR) is 92.1 cm³/mol. The van der Waals surface area contributed by atoms with E-state index in [9.17, 15) is 0 Å². The summed E-state index contributed by atoms with van der Waals surface area (Å²) in [6.45, 7) is 7.55. The van der Waals surface area contributed by atoms with Crippen molar-refractivity contribution in [1.82, 2.24) is 15.2 Å². The number of piperidine rings is 1. The Bertz CT molecular complexity index is 588. The van der Waals surface area contributed by atoms with E-state index in [4.69, 9.17) is 4.42 Å². The Labute approximate surface area is 138 Å². The maximum Gasteiger partial charge on any atom is 0.117 e. The van der Waals surface area contributed by atoms with Crippen molar-refractivity contribution in [3.63, 3.8) is 0 Å². The quantitative estimate of drug-likeness (QED) is 0.883. The molecule has 2 aromatic rings. The molecule has 1 N–H and O–H groups in total. The zero-order valence-electron chi connectivity index (χ0n) is 14.2. The van der Waals surface area contributed by atoms with Gasteiger partial charge in [0, 0.05) is 31.4 Å². The molecule has 0 aromatic carbocycles. The number of likely N-dealkylation sites (tertiary alicyclic amines) is 1. The van der Waals surface area contributed by atoms with Crippen molar-refractivity contribution in [3.05, 3.63) is 53.7 Å². The van der Waals surface area contributed by atoms with Crippen molar-refractivity contribution in [2.45, 2.75) is 51.7 Å². The van der Waals surface area contributed by atoms with E-state index in [1.165, 1.54) is 24.1 Å². The highest BCUT2D eigenvalue weighted by molar-refractivity contribution is 5.21. The second kappa shape index (κ2) is 7.75. The maximum absolute atomic E-state index is 5.45. The van der Waals surface area contributed by atoms with Gasteiger partial charge in [-0.15, -0.1) is 0 Å². The highest BCUT2D eigenvalue weighted by Gasteiger charge is 2.23. The first kappa shape index (κ1) is 16.2. The molecular weight excluding hydrogens is 286 g/mol. The molecule has 0 spiro atoms. The standard InChI is InChI=1S/C19H27N3O/c1-3-18(19-15(2)6-4-10-20-19)21-16-8-11-22(12-9-16)14-17-7-5-13-23-17/h4-7,10,13,16,18,21H,3,8-9,11-12,14H2,1-2H3/t18-/m0/s1. The van der Waals surface area contributed by atoms with Gasteiger partial charge in [0.1, 0.15) is 5.76 Å². The second-order valence-electron chi connectivity index (χ2n) is 6.46. The topological polar surface area (TPSA) is 41.3 Å². The van der Waals surface area contributed by atoms with Gasteiger partial charge in [-0.3, -0.25) is 9.88 Å². The van der Waals surface area contributed by atoms with Crippen LogP contribution in [0.1, 0.15) is 49.2 Å². The Hall–Kier alpha value is -1.65. The van der Waals surface area contributed by atoms with Gasteiger partial charge in [-0.25, -0.2) is 0 Å². The molecule has 23 heavy (non-hydrogen) atoms. The van der Waals surface area contributed by atoms with Crippen molar-refractivity contribution in [3.8, 4) is 0 Å². The third-order valence-corrected chi connectivity index (χ3v) is 4.77.